The summed E-state index contributed by atoms with van der Waals surface area (Å²) < 4.78 is 27.4. The number of likely N-dealkylation sites (tertiary alicyclic amines) is 1. The lowest BCUT2D eigenvalue weighted by Gasteiger charge is -2.45. The van der Waals surface area contributed by atoms with E-state index >= 15 is 0 Å². The van der Waals surface area contributed by atoms with Crippen LogP contribution in [-0.2, 0) is 14.8 Å². The fourth-order valence-corrected chi connectivity index (χ4v) is 6.74. The van der Waals surface area contributed by atoms with Crippen molar-refractivity contribution >= 4 is 27.5 Å². The third-order valence-electron chi connectivity index (χ3n) is 7.03. The molecule has 3 fully saturated rings. The van der Waals surface area contributed by atoms with Gasteiger partial charge in [-0.2, -0.15) is 4.31 Å². The number of primary amides is 1. The summed E-state index contributed by atoms with van der Waals surface area (Å²) in [7, 11) is -3.51. The normalized spacial score (nSPS) is 24.4. The molecule has 1 amide bonds. The Labute approximate surface area is 178 Å². The van der Waals surface area contributed by atoms with E-state index < -0.39 is 10.0 Å². The van der Waals surface area contributed by atoms with E-state index in [1.165, 1.54) is 18.9 Å². The molecule has 2 aliphatic heterocycles. The van der Waals surface area contributed by atoms with E-state index in [4.69, 9.17) is 17.3 Å². The molecular formula is C21H30ClN3O3S. The van der Waals surface area contributed by atoms with E-state index in [1.807, 2.05) is 0 Å². The smallest absolute Gasteiger partial charge is 0.243 e. The molecule has 0 bridgehead atoms. The van der Waals surface area contributed by atoms with Crippen LogP contribution >= 0.6 is 11.6 Å². The highest BCUT2D eigenvalue weighted by atomic mass is 35.5. The maximum absolute atomic E-state index is 12.9. The molecule has 1 aromatic rings. The number of nitrogens with zero attached hydrogens (tertiary/aromatic N) is 2. The fourth-order valence-electron chi connectivity index (χ4n) is 4.97. The number of hydrogen-bond donors (Lipinski definition) is 1. The molecule has 3 aliphatic rings. The summed E-state index contributed by atoms with van der Waals surface area (Å²) in [5.74, 6) is 0.556. The lowest BCUT2D eigenvalue weighted by molar-refractivity contribution is -0.131. The van der Waals surface area contributed by atoms with Gasteiger partial charge in [-0.3, -0.25) is 4.79 Å². The van der Waals surface area contributed by atoms with Crippen molar-refractivity contribution in [3.8, 4) is 0 Å². The number of rotatable bonds is 6. The van der Waals surface area contributed by atoms with Crippen LogP contribution in [0, 0.1) is 11.3 Å². The van der Waals surface area contributed by atoms with Gasteiger partial charge in [0.25, 0.3) is 0 Å². The second-order valence-electron chi connectivity index (χ2n) is 8.92. The average Bonchev–Trinajstić information content (AvgIpc) is 3.52. The Kier molecular flexibility index (Phi) is 5.95. The molecule has 0 spiro atoms. The Morgan fingerprint density at radius 1 is 1.10 bits per heavy atom. The molecule has 29 heavy (non-hydrogen) atoms. The van der Waals surface area contributed by atoms with E-state index in [1.54, 1.807) is 22.5 Å². The van der Waals surface area contributed by atoms with Crippen LogP contribution in [0.25, 0.3) is 0 Å². The minimum atomic E-state index is -3.51. The first-order valence-corrected chi connectivity index (χ1v) is 12.4. The number of carbonyl (C=O) groups is 1. The molecule has 8 heteroatoms. The number of hydrogen-bond acceptors (Lipinski definition) is 4. The van der Waals surface area contributed by atoms with Gasteiger partial charge in [0.05, 0.1) is 10.3 Å². The van der Waals surface area contributed by atoms with Crippen molar-refractivity contribution in [2.24, 2.45) is 17.1 Å². The summed E-state index contributed by atoms with van der Waals surface area (Å²) in [5.41, 5.74) is 5.47. The van der Waals surface area contributed by atoms with Gasteiger partial charge in [0.1, 0.15) is 0 Å². The molecule has 0 radical (unpaired) electrons. The fraction of sp³-hybridized carbons (Fsp3) is 0.667. The summed E-state index contributed by atoms with van der Waals surface area (Å²) >= 11 is 5.97. The minimum absolute atomic E-state index is 0.133. The van der Waals surface area contributed by atoms with Crippen LogP contribution in [0.1, 0.15) is 44.9 Å². The van der Waals surface area contributed by atoms with Gasteiger partial charge in [-0.15, -0.1) is 0 Å². The van der Waals surface area contributed by atoms with Gasteiger partial charge in [-0.1, -0.05) is 30.5 Å². The molecule has 1 saturated carbocycles. The van der Waals surface area contributed by atoms with Gasteiger partial charge in [-0.05, 0) is 69.3 Å². The predicted molar refractivity (Wildman–Crippen MR) is 113 cm³/mol. The van der Waals surface area contributed by atoms with Crippen molar-refractivity contribution in [1.29, 1.82) is 0 Å². The second kappa shape index (κ2) is 8.17. The molecule has 160 valence electrons. The number of piperidine rings is 2. The number of carbonyl (C=O) groups excluding carboxylic acids is 1. The van der Waals surface area contributed by atoms with Gasteiger partial charge in [0, 0.05) is 24.2 Å². The Morgan fingerprint density at radius 3 is 2.31 bits per heavy atom. The van der Waals surface area contributed by atoms with E-state index in [0.29, 0.717) is 30.1 Å². The third-order valence-corrected chi connectivity index (χ3v) is 9.16. The SMILES string of the molecule is NC(=O)C1(CC2CC2)CCN(C2CCN(S(=O)(=O)c3cccc(Cl)c3)CC2)CC1. The predicted octanol–water partition coefficient (Wildman–Crippen LogP) is 2.86. The Bertz CT molecular complexity index is 856. The first-order valence-electron chi connectivity index (χ1n) is 10.6. The largest absolute Gasteiger partial charge is 0.369 e. The first kappa shape index (κ1) is 21.1. The van der Waals surface area contributed by atoms with Gasteiger partial charge in [0.2, 0.25) is 15.9 Å². The molecule has 1 aromatic carbocycles. The van der Waals surface area contributed by atoms with E-state index in [-0.39, 0.29) is 16.2 Å². The molecule has 6 nitrogen and oxygen atoms in total. The molecule has 0 atom stereocenters. The minimum Gasteiger partial charge on any atom is -0.369 e. The highest BCUT2D eigenvalue weighted by Gasteiger charge is 2.45. The zero-order chi connectivity index (χ0) is 20.6. The maximum atomic E-state index is 12.9. The topological polar surface area (TPSA) is 83.7 Å². The summed E-state index contributed by atoms with van der Waals surface area (Å²) in [5, 5.41) is 0.429. The quantitative estimate of drug-likeness (QED) is 0.738. The number of amides is 1. The third kappa shape index (κ3) is 4.48. The second-order valence-corrected chi connectivity index (χ2v) is 11.3. The van der Waals surface area contributed by atoms with E-state index in [9.17, 15) is 13.2 Å². The molecular weight excluding hydrogens is 410 g/mol. The van der Waals surface area contributed by atoms with Crippen molar-refractivity contribution < 1.29 is 13.2 Å². The maximum Gasteiger partial charge on any atom is 0.243 e. The summed E-state index contributed by atoms with van der Waals surface area (Å²) in [6.45, 7) is 2.78. The summed E-state index contributed by atoms with van der Waals surface area (Å²) in [6.07, 6.45) is 6.71. The van der Waals surface area contributed by atoms with E-state index in [0.717, 1.165) is 45.2 Å². The molecule has 2 saturated heterocycles. The van der Waals surface area contributed by atoms with Crippen LogP contribution in [-0.4, -0.2) is 55.8 Å². The van der Waals surface area contributed by atoms with Crippen molar-refractivity contribution in [3.05, 3.63) is 29.3 Å². The average molecular weight is 440 g/mol. The van der Waals surface area contributed by atoms with Crippen molar-refractivity contribution in [1.82, 2.24) is 9.21 Å². The number of nitrogens with two attached hydrogens (primary N) is 1. The molecule has 0 aromatic heterocycles. The lowest BCUT2D eigenvalue weighted by Crippen LogP contribution is -2.53. The Hall–Kier alpha value is -1.15. The summed E-state index contributed by atoms with van der Waals surface area (Å²) in [4.78, 5) is 14.9. The highest BCUT2D eigenvalue weighted by Crippen LogP contribution is 2.46. The van der Waals surface area contributed by atoms with Crippen LogP contribution in [0.4, 0.5) is 0 Å². The molecule has 2 heterocycles. The number of sulfonamides is 1. The molecule has 1 aliphatic carbocycles. The van der Waals surface area contributed by atoms with E-state index in [2.05, 4.69) is 4.90 Å². The zero-order valence-electron chi connectivity index (χ0n) is 16.7. The van der Waals surface area contributed by atoms with Crippen molar-refractivity contribution in [2.75, 3.05) is 26.2 Å². The van der Waals surface area contributed by atoms with Gasteiger partial charge >= 0.3 is 0 Å². The Morgan fingerprint density at radius 2 is 1.76 bits per heavy atom. The highest BCUT2D eigenvalue weighted by molar-refractivity contribution is 7.89. The van der Waals surface area contributed by atoms with Crippen LogP contribution in [0.3, 0.4) is 0 Å². The van der Waals surface area contributed by atoms with Crippen LogP contribution in [0.15, 0.2) is 29.2 Å². The van der Waals surface area contributed by atoms with Crippen molar-refractivity contribution in [2.45, 2.75) is 55.9 Å². The summed E-state index contributed by atoms with van der Waals surface area (Å²) in [6, 6.07) is 6.83. The first-order chi connectivity index (χ1) is 13.8. The molecule has 2 N–H and O–H groups in total. The molecule has 0 unspecified atom stereocenters. The standard InChI is InChI=1S/C21H30ClN3O3S/c22-17-2-1-3-19(14-17)29(27,28)25-10-6-18(7-11-25)24-12-8-21(9-13-24,20(23)26)15-16-4-5-16/h1-3,14,16,18H,4-13,15H2,(H2,23,26). The van der Waals surface area contributed by atoms with Gasteiger partial charge < -0.3 is 10.6 Å². The zero-order valence-corrected chi connectivity index (χ0v) is 18.3. The number of benzene rings is 1. The molecule has 4 rings (SSSR count). The van der Waals surface area contributed by atoms with Crippen molar-refractivity contribution in [3.63, 3.8) is 0 Å². The Balaban J connectivity index is 1.34. The number of halogens is 1. The van der Waals surface area contributed by atoms with Crippen LogP contribution in [0.2, 0.25) is 5.02 Å². The van der Waals surface area contributed by atoms with Crippen LogP contribution in [0.5, 0.6) is 0 Å². The monoisotopic (exact) mass is 439 g/mol. The van der Waals surface area contributed by atoms with Gasteiger partial charge in [0.15, 0.2) is 0 Å². The van der Waals surface area contributed by atoms with Gasteiger partial charge in [-0.25, -0.2) is 8.42 Å². The lowest BCUT2D eigenvalue weighted by atomic mass is 9.73. The van der Waals surface area contributed by atoms with Crippen LogP contribution < -0.4 is 5.73 Å².